The second-order valence-electron chi connectivity index (χ2n) is 7.11. The first-order chi connectivity index (χ1) is 12.5. The van der Waals surface area contributed by atoms with Crippen LogP contribution in [0.4, 0.5) is 13.2 Å². The molecule has 0 saturated heterocycles. The predicted molar refractivity (Wildman–Crippen MR) is 95.2 cm³/mol. The maximum Gasteiger partial charge on any atom is 0.433 e. The number of halogens is 4. The molecule has 27 heavy (non-hydrogen) atoms. The smallest absolute Gasteiger partial charge is 0.351 e. The summed E-state index contributed by atoms with van der Waals surface area (Å²) in [4.78, 5) is 17.0. The van der Waals surface area contributed by atoms with Gasteiger partial charge in [-0.3, -0.25) is 4.68 Å². The normalized spacial score (nSPS) is 19.5. The van der Waals surface area contributed by atoms with Crippen LogP contribution in [-0.4, -0.2) is 21.8 Å². The molecule has 2 N–H and O–H groups in total. The molecule has 6 nitrogen and oxygen atoms in total. The highest BCUT2D eigenvalue weighted by Crippen LogP contribution is 2.37. The van der Waals surface area contributed by atoms with E-state index in [9.17, 15) is 18.0 Å². The molecule has 0 atom stereocenters. The summed E-state index contributed by atoms with van der Waals surface area (Å²) in [6.45, 7) is 0. The van der Waals surface area contributed by atoms with Gasteiger partial charge in [-0.2, -0.15) is 18.3 Å². The number of carbonyl (C=O) groups is 1. The van der Waals surface area contributed by atoms with Crippen LogP contribution < -0.4 is 11.0 Å². The van der Waals surface area contributed by atoms with Crippen LogP contribution in [0.15, 0.2) is 6.20 Å². The lowest BCUT2D eigenvalue weighted by molar-refractivity contribution is -0.145. The van der Waals surface area contributed by atoms with Crippen LogP contribution >= 0.6 is 12.4 Å². The van der Waals surface area contributed by atoms with Crippen molar-refractivity contribution in [3.8, 4) is 0 Å². The molecule has 0 radical (unpaired) electrons. The van der Waals surface area contributed by atoms with Gasteiger partial charge in [-0.15, -0.1) is 12.4 Å². The Morgan fingerprint density at radius 1 is 1.07 bits per heavy atom. The molecule has 0 unspecified atom stereocenters. The van der Waals surface area contributed by atoms with Crippen LogP contribution in [0.3, 0.4) is 0 Å². The van der Waals surface area contributed by atoms with Crippen molar-refractivity contribution in [2.24, 2.45) is 0 Å². The second-order valence-corrected chi connectivity index (χ2v) is 7.11. The fourth-order valence-corrected chi connectivity index (χ4v) is 3.86. The molecule has 2 aliphatic rings. The number of aromatic nitrogens is 2. The molecule has 2 saturated carbocycles. The number of hydrazine groups is 1. The summed E-state index contributed by atoms with van der Waals surface area (Å²) in [6, 6.07) is -0.168. The largest absolute Gasteiger partial charge is 0.433 e. The summed E-state index contributed by atoms with van der Waals surface area (Å²) in [5.41, 5.74) is 3.59. The van der Waals surface area contributed by atoms with Crippen molar-refractivity contribution in [2.75, 3.05) is 0 Å². The summed E-state index contributed by atoms with van der Waals surface area (Å²) < 4.78 is 41.7. The lowest BCUT2D eigenvalue weighted by Gasteiger charge is -2.25. The van der Waals surface area contributed by atoms with Gasteiger partial charge >= 0.3 is 12.1 Å². The van der Waals surface area contributed by atoms with Crippen molar-refractivity contribution in [2.45, 2.75) is 82.5 Å². The van der Waals surface area contributed by atoms with Gasteiger partial charge in [-0.25, -0.2) is 10.2 Å². The summed E-state index contributed by atoms with van der Waals surface area (Å²) in [5, 5.41) is 3.87. The highest BCUT2D eigenvalue weighted by molar-refractivity contribution is 5.90. The Morgan fingerprint density at radius 3 is 2.26 bits per heavy atom. The van der Waals surface area contributed by atoms with Gasteiger partial charge in [0.2, 0.25) is 0 Å². The van der Waals surface area contributed by atoms with Crippen LogP contribution in [0.1, 0.15) is 86.3 Å². The van der Waals surface area contributed by atoms with Crippen LogP contribution in [0.25, 0.3) is 0 Å². The fraction of sp³-hybridized carbons (Fsp3) is 0.765. The van der Waals surface area contributed by atoms with E-state index in [-0.39, 0.29) is 24.5 Å². The second kappa shape index (κ2) is 9.75. The van der Waals surface area contributed by atoms with Crippen molar-refractivity contribution >= 4 is 18.4 Å². The molecule has 2 aliphatic carbocycles. The summed E-state index contributed by atoms with van der Waals surface area (Å²) in [6.07, 6.45) is 5.55. The van der Waals surface area contributed by atoms with E-state index in [1.165, 1.54) is 6.42 Å². The summed E-state index contributed by atoms with van der Waals surface area (Å²) in [5.74, 6) is -1.08. The van der Waals surface area contributed by atoms with Gasteiger partial charge in [0, 0.05) is 6.04 Å². The van der Waals surface area contributed by atoms with E-state index in [1.54, 1.807) is 0 Å². The Bertz CT molecular complexity index is 612. The number of hydrogen-bond donors (Lipinski definition) is 2. The van der Waals surface area contributed by atoms with Crippen molar-refractivity contribution in [1.29, 1.82) is 0 Å². The number of hydrogen-bond acceptors (Lipinski definition) is 5. The zero-order chi connectivity index (χ0) is 18.6. The summed E-state index contributed by atoms with van der Waals surface area (Å²) in [7, 11) is 0. The van der Waals surface area contributed by atoms with E-state index in [2.05, 4.69) is 16.1 Å². The highest BCUT2D eigenvalue weighted by Gasteiger charge is 2.42. The molecule has 3 rings (SSSR count). The monoisotopic (exact) mass is 410 g/mol. The minimum atomic E-state index is -4.67. The zero-order valence-corrected chi connectivity index (χ0v) is 15.9. The van der Waals surface area contributed by atoms with Gasteiger partial charge < -0.3 is 4.84 Å². The molecule has 0 aromatic carbocycles. The third-order valence-electron chi connectivity index (χ3n) is 5.22. The molecule has 0 bridgehead atoms. The average Bonchev–Trinajstić information content (AvgIpc) is 3.09. The quantitative estimate of drug-likeness (QED) is 0.707. The molecular weight excluding hydrogens is 385 g/mol. The van der Waals surface area contributed by atoms with E-state index >= 15 is 0 Å². The average molecular weight is 411 g/mol. The molecule has 1 heterocycles. The van der Waals surface area contributed by atoms with Gasteiger partial charge in [0.05, 0.1) is 12.2 Å². The van der Waals surface area contributed by atoms with Gasteiger partial charge in [0.15, 0.2) is 5.69 Å². The van der Waals surface area contributed by atoms with E-state index in [4.69, 9.17) is 4.84 Å². The minimum absolute atomic E-state index is 0. The minimum Gasteiger partial charge on any atom is -0.351 e. The third-order valence-corrected chi connectivity index (χ3v) is 5.22. The van der Waals surface area contributed by atoms with Crippen LogP contribution in [-0.2, 0) is 11.0 Å². The van der Waals surface area contributed by atoms with E-state index < -0.39 is 23.4 Å². The molecule has 1 aromatic rings. The van der Waals surface area contributed by atoms with Gasteiger partial charge in [0.25, 0.3) is 0 Å². The SMILES string of the molecule is Cl.O=C(ONNC1CCCCC1)c1cnn(C2CCCCC2)c1C(F)(F)F. The van der Waals surface area contributed by atoms with Crippen LogP contribution in [0.5, 0.6) is 0 Å². The molecule has 0 spiro atoms. The predicted octanol–water partition coefficient (Wildman–Crippen LogP) is 4.33. The maximum atomic E-state index is 13.6. The number of nitrogens with zero attached hydrogens (tertiary/aromatic N) is 2. The van der Waals surface area contributed by atoms with Crippen LogP contribution in [0.2, 0.25) is 0 Å². The number of alkyl halides is 3. The van der Waals surface area contributed by atoms with Crippen molar-refractivity contribution in [3.63, 3.8) is 0 Å². The Kier molecular flexibility index (Phi) is 7.93. The van der Waals surface area contributed by atoms with E-state index in [0.29, 0.717) is 12.8 Å². The lowest BCUT2D eigenvalue weighted by Crippen LogP contribution is -2.43. The first kappa shape index (κ1) is 22.0. The molecular formula is C17H26ClF3N4O2. The van der Waals surface area contributed by atoms with Crippen LogP contribution in [0, 0.1) is 0 Å². The Hall–Kier alpha value is -1.32. The summed E-state index contributed by atoms with van der Waals surface area (Å²) >= 11 is 0. The van der Waals surface area contributed by atoms with Crippen molar-refractivity contribution < 1.29 is 22.8 Å². The number of nitrogens with one attached hydrogen (secondary N) is 2. The van der Waals surface area contributed by atoms with Crippen molar-refractivity contribution in [1.82, 2.24) is 20.8 Å². The first-order valence-electron chi connectivity index (χ1n) is 9.33. The van der Waals surface area contributed by atoms with Gasteiger partial charge in [0.1, 0.15) is 5.56 Å². The molecule has 0 amide bonds. The molecule has 154 valence electrons. The van der Waals surface area contributed by atoms with Gasteiger partial charge in [-0.05, 0) is 25.7 Å². The molecule has 10 heteroatoms. The Labute approximate surface area is 162 Å². The van der Waals surface area contributed by atoms with E-state index in [0.717, 1.165) is 55.8 Å². The first-order valence-corrected chi connectivity index (χ1v) is 9.33. The topological polar surface area (TPSA) is 68.2 Å². The fourth-order valence-electron chi connectivity index (χ4n) is 3.86. The van der Waals surface area contributed by atoms with Crippen molar-refractivity contribution in [3.05, 3.63) is 17.5 Å². The highest BCUT2D eigenvalue weighted by atomic mass is 35.5. The zero-order valence-electron chi connectivity index (χ0n) is 15.1. The maximum absolute atomic E-state index is 13.6. The number of rotatable bonds is 5. The molecule has 1 aromatic heterocycles. The molecule has 0 aliphatic heterocycles. The lowest BCUT2D eigenvalue weighted by atomic mass is 9.95. The van der Waals surface area contributed by atoms with E-state index in [1.807, 2.05) is 0 Å². The Balaban J connectivity index is 0.00000261. The number of carbonyl (C=O) groups excluding carboxylic acids is 1. The molecule has 2 fully saturated rings. The third kappa shape index (κ3) is 5.58. The Morgan fingerprint density at radius 2 is 1.67 bits per heavy atom. The van der Waals surface area contributed by atoms with Gasteiger partial charge in [-0.1, -0.05) is 44.1 Å². The standard InChI is InChI=1S/C17H25F3N4O2.ClH/c18-17(19,20)15-14(11-21-24(15)13-9-5-2-6-10-13)16(25)26-23-22-12-7-3-1-4-8-12;/h11-13,22-23H,1-10H2;1H.